The topological polar surface area (TPSA) is 143 Å². The first-order chi connectivity index (χ1) is 15.6. The molecule has 1 fully saturated rings. The predicted molar refractivity (Wildman–Crippen MR) is 129 cm³/mol. The average Bonchev–Trinajstić information content (AvgIpc) is 3.19. The van der Waals surface area contributed by atoms with Crippen molar-refractivity contribution in [3.05, 3.63) is 41.3 Å². The van der Waals surface area contributed by atoms with Gasteiger partial charge in [-0.1, -0.05) is 30.3 Å². The second-order valence-electron chi connectivity index (χ2n) is 8.20. The van der Waals surface area contributed by atoms with Gasteiger partial charge in [0.25, 0.3) is 0 Å². The summed E-state index contributed by atoms with van der Waals surface area (Å²) in [5.41, 5.74) is 12.1. The predicted octanol–water partition coefficient (Wildman–Crippen LogP) is 0.368. The smallest absolute Gasteiger partial charge is 0.240 e. The normalized spacial score (nSPS) is 17.4. The molecule has 4 N–H and O–H groups in total. The lowest BCUT2D eigenvalue weighted by Crippen LogP contribution is -2.52. The lowest BCUT2D eigenvalue weighted by Gasteiger charge is -2.33. The Morgan fingerprint density at radius 1 is 1.18 bits per heavy atom. The molecule has 2 amide bonds. The molecule has 0 saturated carbocycles. The van der Waals surface area contributed by atoms with Crippen LogP contribution >= 0.6 is 11.3 Å². The number of carbonyl (C=O) groups is 2. The molecule has 2 atom stereocenters. The highest BCUT2D eigenvalue weighted by Gasteiger charge is 2.37. The first-order valence-corrected chi connectivity index (χ1v) is 13.1. The highest BCUT2D eigenvalue weighted by atomic mass is 32.2. The summed E-state index contributed by atoms with van der Waals surface area (Å²) in [4.78, 5) is 33.2. The molecule has 1 aromatic heterocycles. The average molecular weight is 495 g/mol. The van der Waals surface area contributed by atoms with E-state index in [0.29, 0.717) is 26.2 Å². The van der Waals surface area contributed by atoms with E-state index in [-0.39, 0.29) is 23.1 Å². The first kappa shape index (κ1) is 25.1. The number of hydrogen-bond acceptors (Lipinski definition) is 8. The molecule has 1 saturated heterocycles. The first-order valence-electron chi connectivity index (χ1n) is 10.6. The van der Waals surface area contributed by atoms with Crippen molar-refractivity contribution >= 4 is 44.1 Å². The van der Waals surface area contributed by atoms with Gasteiger partial charge >= 0.3 is 0 Å². The minimum atomic E-state index is -3.73. The SMILES string of the molecule is CC(C(N)=O)N(C(=O)C(Cc1ccccc1)CS(=O)(=O)N1CCN(C)CC1)c1csc(N)n1. The number of nitrogen functional groups attached to an aromatic ring is 1. The maximum absolute atomic E-state index is 13.8. The summed E-state index contributed by atoms with van der Waals surface area (Å²) in [6.07, 6.45) is 0.189. The van der Waals surface area contributed by atoms with Crippen LogP contribution in [0.15, 0.2) is 35.7 Å². The Bertz CT molecular complexity index is 1070. The Balaban J connectivity index is 1.94. The monoisotopic (exact) mass is 494 g/mol. The standard InChI is InChI=1S/C21H30N6O4S2/c1-15(19(22)28)27(18-13-32-21(23)24-18)20(29)17(12-16-6-4-3-5-7-16)14-33(30,31)26-10-8-25(2)9-11-26/h3-7,13,15,17H,8-12,14H2,1-2H3,(H2,22,28)(H2,23,24). The van der Waals surface area contributed by atoms with Gasteiger partial charge in [-0.05, 0) is 26.0 Å². The fraction of sp³-hybridized carbons (Fsp3) is 0.476. The number of nitrogens with two attached hydrogens (primary N) is 2. The summed E-state index contributed by atoms with van der Waals surface area (Å²) in [5.74, 6) is -2.40. The number of rotatable bonds is 9. The van der Waals surface area contributed by atoms with E-state index in [0.717, 1.165) is 16.9 Å². The summed E-state index contributed by atoms with van der Waals surface area (Å²) in [6, 6.07) is 8.16. The van der Waals surface area contributed by atoms with Crippen LogP contribution in [0.1, 0.15) is 12.5 Å². The van der Waals surface area contributed by atoms with Gasteiger partial charge in [-0.25, -0.2) is 13.4 Å². The largest absolute Gasteiger partial charge is 0.375 e. The van der Waals surface area contributed by atoms with Gasteiger partial charge in [0.15, 0.2) is 5.13 Å². The van der Waals surface area contributed by atoms with Crippen molar-refractivity contribution in [2.45, 2.75) is 19.4 Å². The van der Waals surface area contributed by atoms with Crippen molar-refractivity contribution < 1.29 is 18.0 Å². The zero-order valence-corrected chi connectivity index (χ0v) is 20.4. The van der Waals surface area contributed by atoms with E-state index >= 15 is 0 Å². The third-order valence-corrected chi connectivity index (χ3v) is 8.37. The molecule has 12 heteroatoms. The van der Waals surface area contributed by atoms with Gasteiger partial charge in [-0.15, -0.1) is 11.3 Å². The molecule has 0 radical (unpaired) electrons. The summed E-state index contributed by atoms with van der Waals surface area (Å²) in [7, 11) is -1.79. The highest BCUT2D eigenvalue weighted by molar-refractivity contribution is 7.89. The number of benzene rings is 1. The molecule has 1 aromatic carbocycles. The summed E-state index contributed by atoms with van der Waals surface area (Å²) in [6.45, 7) is 3.48. The molecule has 2 unspecified atom stereocenters. The molecule has 0 spiro atoms. The lowest BCUT2D eigenvalue weighted by molar-refractivity contribution is -0.126. The number of piperazine rings is 1. The van der Waals surface area contributed by atoms with E-state index in [9.17, 15) is 18.0 Å². The summed E-state index contributed by atoms with van der Waals surface area (Å²) < 4.78 is 28.0. The third kappa shape index (κ3) is 6.28. The molecular weight excluding hydrogens is 464 g/mol. The molecule has 3 rings (SSSR count). The van der Waals surface area contributed by atoms with Crippen molar-refractivity contribution in [2.75, 3.05) is 49.6 Å². The van der Waals surface area contributed by atoms with Gasteiger partial charge in [0.05, 0.1) is 11.7 Å². The fourth-order valence-electron chi connectivity index (χ4n) is 3.76. The number of nitrogens with zero attached hydrogens (tertiary/aromatic N) is 4. The van der Waals surface area contributed by atoms with Gasteiger partial charge in [0, 0.05) is 31.6 Å². The molecule has 10 nitrogen and oxygen atoms in total. The Morgan fingerprint density at radius 2 is 1.82 bits per heavy atom. The Kier molecular flexibility index (Phi) is 8.05. The molecule has 2 heterocycles. The second-order valence-corrected chi connectivity index (χ2v) is 11.1. The lowest BCUT2D eigenvalue weighted by atomic mass is 9.99. The molecule has 33 heavy (non-hydrogen) atoms. The Hall–Kier alpha value is -2.54. The molecule has 2 aromatic rings. The fourth-order valence-corrected chi connectivity index (χ4v) is 6.00. The number of aromatic nitrogens is 1. The van der Waals surface area contributed by atoms with E-state index in [1.807, 2.05) is 37.4 Å². The van der Waals surface area contributed by atoms with Crippen LogP contribution in [-0.2, 0) is 26.0 Å². The summed E-state index contributed by atoms with van der Waals surface area (Å²) >= 11 is 1.12. The maximum Gasteiger partial charge on any atom is 0.240 e. The zero-order chi connectivity index (χ0) is 24.2. The Labute approximate surface area is 198 Å². The second kappa shape index (κ2) is 10.6. The van der Waals surface area contributed by atoms with Gasteiger partial charge in [-0.3, -0.25) is 14.5 Å². The van der Waals surface area contributed by atoms with Crippen LogP contribution in [0.25, 0.3) is 0 Å². The van der Waals surface area contributed by atoms with Crippen LogP contribution in [0.4, 0.5) is 10.9 Å². The number of likely N-dealkylation sites (N-methyl/N-ethyl adjacent to an activating group) is 1. The highest BCUT2D eigenvalue weighted by Crippen LogP contribution is 2.26. The van der Waals surface area contributed by atoms with Crippen LogP contribution < -0.4 is 16.4 Å². The molecule has 0 aliphatic carbocycles. The number of amides is 2. The van der Waals surface area contributed by atoms with Crippen molar-refractivity contribution in [3.63, 3.8) is 0 Å². The van der Waals surface area contributed by atoms with Crippen LogP contribution in [0, 0.1) is 5.92 Å². The van der Waals surface area contributed by atoms with Gasteiger partial charge in [0.1, 0.15) is 11.9 Å². The minimum absolute atomic E-state index is 0.184. The molecule has 1 aliphatic rings. The number of sulfonamides is 1. The summed E-state index contributed by atoms with van der Waals surface area (Å²) in [5, 5.41) is 1.78. The van der Waals surface area contributed by atoms with E-state index in [1.54, 1.807) is 5.38 Å². The van der Waals surface area contributed by atoms with Crippen molar-refractivity contribution in [1.82, 2.24) is 14.2 Å². The number of anilines is 2. The van der Waals surface area contributed by atoms with Crippen molar-refractivity contribution in [2.24, 2.45) is 11.7 Å². The van der Waals surface area contributed by atoms with Crippen molar-refractivity contribution in [3.8, 4) is 0 Å². The van der Waals surface area contributed by atoms with Gasteiger partial charge < -0.3 is 16.4 Å². The van der Waals surface area contributed by atoms with Crippen LogP contribution in [-0.4, -0.2) is 79.4 Å². The minimum Gasteiger partial charge on any atom is -0.375 e. The molecule has 180 valence electrons. The third-order valence-electron chi connectivity index (χ3n) is 5.73. The molecular formula is C21H30N6O4S2. The van der Waals surface area contributed by atoms with Gasteiger partial charge in [-0.2, -0.15) is 4.31 Å². The maximum atomic E-state index is 13.8. The quantitative estimate of drug-likeness (QED) is 0.513. The van der Waals surface area contributed by atoms with Crippen LogP contribution in [0.3, 0.4) is 0 Å². The number of thiazole rings is 1. The van der Waals surface area contributed by atoms with E-state index in [1.165, 1.54) is 16.1 Å². The van der Waals surface area contributed by atoms with Crippen molar-refractivity contribution in [1.29, 1.82) is 0 Å². The molecule has 0 bridgehead atoms. The Morgan fingerprint density at radius 3 is 2.36 bits per heavy atom. The van der Waals surface area contributed by atoms with Crippen LogP contribution in [0.2, 0.25) is 0 Å². The van der Waals surface area contributed by atoms with Gasteiger partial charge in [0.2, 0.25) is 21.8 Å². The number of hydrogen-bond donors (Lipinski definition) is 2. The van der Waals surface area contributed by atoms with Crippen LogP contribution in [0.5, 0.6) is 0 Å². The van der Waals surface area contributed by atoms with E-state index < -0.39 is 33.8 Å². The zero-order valence-electron chi connectivity index (χ0n) is 18.8. The number of primary amides is 1. The van der Waals surface area contributed by atoms with E-state index in [4.69, 9.17) is 11.5 Å². The van der Waals surface area contributed by atoms with E-state index in [2.05, 4.69) is 9.88 Å². The number of carbonyl (C=O) groups excluding carboxylic acids is 2. The molecule has 1 aliphatic heterocycles.